The van der Waals surface area contributed by atoms with Gasteiger partial charge in [0.05, 0.1) is 32.7 Å². The molecule has 11 nitrogen and oxygen atoms in total. The fourth-order valence-electron chi connectivity index (χ4n) is 4.55. The standard InChI is InChI=1S/C29H28Cl2N4O7S4/c1-29(2,3)42-28(37)32-15-18-6-4-7-19(14-18)16-34-21-9-5-8-20(17-36)26(21)27(33-34)35(45(38,39)24-12-10-22(30)43-24)46(40,41)25-13-11-23(31)44-25/h4-14,36H,15-17H2,1-3H3,(H,32,37). The van der Waals surface area contributed by atoms with E-state index in [9.17, 15) is 26.7 Å². The Hall–Kier alpha value is -3.18. The van der Waals surface area contributed by atoms with E-state index >= 15 is 0 Å². The van der Waals surface area contributed by atoms with E-state index in [-0.39, 0.29) is 44.8 Å². The molecule has 244 valence electrons. The number of nitrogens with one attached hydrogen (secondary N) is 1. The summed E-state index contributed by atoms with van der Waals surface area (Å²) >= 11 is 13.5. The number of carbonyl (C=O) groups excluding carboxylic acids is 1. The van der Waals surface area contributed by atoms with Crippen molar-refractivity contribution in [3.05, 3.63) is 92.1 Å². The molecule has 2 N–H and O–H groups in total. The lowest BCUT2D eigenvalue weighted by Crippen LogP contribution is -2.37. The van der Waals surface area contributed by atoms with Crippen LogP contribution in [0, 0.1) is 0 Å². The number of thiophene rings is 2. The minimum absolute atomic E-state index is 0.0925. The van der Waals surface area contributed by atoms with Crippen molar-refractivity contribution in [1.29, 1.82) is 0 Å². The topological polar surface area (TPSA) is 148 Å². The SMILES string of the molecule is CC(C)(C)OC(=O)NCc1cccc(Cn2nc(N(S(=O)(=O)c3ccc(Cl)s3)S(=O)(=O)c3ccc(Cl)s3)c3c(CO)cccc32)c1. The van der Waals surface area contributed by atoms with E-state index in [2.05, 4.69) is 10.4 Å². The van der Waals surface area contributed by atoms with Crippen molar-refractivity contribution in [2.75, 3.05) is 3.71 Å². The third-order valence-corrected chi connectivity index (χ3v) is 13.9. The third kappa shape index (κ3) is 7.20. The molecule has 0 atom stereocenters. The first-order chi connectivity index (χ1) is 21.6. The van der Waals surface area contributed by atoms with Crippen LogP contribution < -0.4 is 9.03 Å². The number of halogens is 2. The van der Waals surface area contributed by atoms with Crippen molar-refractivity contribution in [3.8, 4) is 0 Å². The van der Waals surface area contributed by atoms with Crippen LogP contribution in [0.4, 0.5) is 10.6 Å². The predicted octanol–water partition coefficient (Wildman–Crippen LogP) is 6.62. The summed E-state index contributed by atoms with van der Waals surface area (Å²) in [5.41, 5.74) is 1.47. The number of rotatable bonds is 10. The van der Waals surface area contributed by atoms with Crippen molar-refractivity contribution in [2.24, 2.45) is 0 Å². The number of aliphatic hydroxyl groups is 1. The van der Waals surface area contributed by atoms with Gasteiger partial charge in [-0.25, -0.2) is 4.79 Å². The number of amides is 1. The maximum absolute atomic E-state index is 14.2. The Morgan fingerprint density at radius 3 is 2.07 bits per heavy atom. The van der Waals surface area contributed by atoms with Gasteiger partial charge in [-0.3, -0.25) is 4.68 Å². The highest BCUT2D eigenvalue weighted by Gasteiger charge is 2.42. The van der Waals surface area contributed by atoms with E-state index in [1.165, 1.54) is 28.9 Å². The largest absolute Gasteiger partial charge is 0.444 e. The summed E-state index contributed by atoms with van der Waals surface area (Å²) in [6.45, 7) is 5.04. The number of hydrogen-bond donors (Lipinski definition) is 2. The first kappa shape index (κ1) is 34.2. The molecule has 17 heteroatoms. The van der Waals surface area contributed by atoms with Gasteiger partial charge in [0.15, 0.2) is 5.82 Å². The number of aromatic nitrogens is 2. The molecule has 0 saturated heterocycles. The lowest BCUT2D eigenvalue weighted by Gasteiger charge is -2.21. The molecule has 0 unspecified atom stereocenters. The highest BCUT2D eigenvalue weighted by Crippen LogP contribution is 2.40. The fraction of sp³-hybridized carbons (Fsp3) is 0.241. The Bertz CT molecular complexity index is 2060. The molecule has 0 aliphatic heterocycles. The van der Waals surface area contributed by atoms with Gasteiger partial charge in [-0.05, 0) is 67.8 Å². The van der Waals surface area contributed by atoms with E-state index in [0.29, 0.717) is 28.2 Å². The lowest BCUT2D eigenvalue weighted by atomic mass is 10.1. The summed E-state index contributed by atoms with van der Waals surface area (Å²) < 4.78 is 63.3. The van der Waals surface area contributed by atoms with E-state index in [0.717, 1.165) is 11.1 Å². The molecule has 0 saturated carbocycles. The second-order valence-corrected chi connectivity index (χ2v) is 18.6. The van der Waals surface area contributed by atoms with Crippen LogP contribution in [0.1, 0.15) is 37.5 Å². The normalized spacial score (nSPS) is 12.4. The molecule has 3 aromatic heterocycles. The van der Waals surface area contributed by atoms with Crippen LogP contribution in [0.5, 0.6) is 0 Å². The van der Waals surface area contributed by atoms with Gasteiger partial charge in [-0.2, -0.15) is 21.9 Å². The Morgan fingerprint density at radius 2 is 1.52 bits per heavy atom. The molecule has 1 amide bonds. The number of hydrogen-bond acceptors (Lipinski definition) is 10. The number of sulfonamides is 2. The molecule has 0 aliphatic rings. The van der Waals surface area contributed by atoms with Crippen molar-refractivity contribution in [2.45, 2.75) is 54.5 Å². The Kier molecular flexibility index (Phi) is 9.76. The number of carbonyl (C=O) groups is 1. The van der Waals surface area contributed by atoms with E-state index in [4.69, 9.17) is 27.9 Å². The molecular weight excluding hydrogens is 716 g/mol. The second-order valence-electron chi connectivity index (χ2n) is 11.0. The molecular formula is C29H28Cl2N4O7S4. The molecule has 0 radical (unpaired) electrons. The van der Waals surface area contributed by atoms with Gasteiger partial charge in [0, 0.05) is 6.54 Å². The maximum atomic E-state index is 14.2. The molecule has 0 bridgehead atoms. The fourth-order valence-corrected chi connectivity index (χ4v) is 11.5. The van der Waals surface area contributed by atoms with Crippen LogP contribution in [-0.2, 0) is 44.5 Å². The number of benzene rings is 2. The van der Waals surface area contributed by atoms with Crippen molar-refractivity contribution >= 4 is 88.7 Å². The summed E-state index contributed by atoms with van der Waals surface area (Å²) in [5.74, 6) is -0.420. The van der Waals surface area contributed by atoms with Gasteiger partial charge in [-0.1, -0.05) is 59.6 Å². The number of anilines is 1. The van der Waals surface area contributed by atoms with Crippen LogP contribution in [-0.4, -0.2) is 43.4 Å². The van der Waals surface area contributed by atoms with E-state index in [1.807, 2.05) is 18.2 Å². The van der Waals surface area contributed by atoms with Crippen LogP contribution in [0.15, 0.2) is 75.1 Å². The minimum atomic E-state index is -4.81. The number of ether oxygens (including phenoxy) is 1. The summed E-state index contributed by atoms with van der Waals surface area (Å²) in [6.07, 6.45) is -0.571. The van der Waals surface area contributed by atoms with Crippen LogP contribution in [0.3, 0.4) is 0 Å². The lowest BCUT2D eigenvalue weighted by molar-refractivity contribution is 0.0523. The van der Waals surface area contributed by atoms with Crippen molar-refractivity contribution < 1.29 is 31.5 Å². The summed E-state index contributed by atoms with van der Waals surface area (Å²) in [6, 6.07) is 17.2. The van der Waals surface area contributed by atoms with E-state index < -0.39 is 44.2 Å². The predicted molar refractivity (Wildman–Crippen MR) is 180 cm³/mol. The van der Waals surface area contributed by atoms with E-state index in [1.54, 1.807) is 45.0 Å². The molecule has 3 heterocycles. The zero-order valence-electron chi connectivity index (χ0n) is 24.6. The van der Waals surface area contributed by atoms with Crippen LogP contribution in [0.2, 0.25) is 8.67 Å². The Labute approximate surface area is 284 Å². The Morgan fingerprint density at radius 1 is 0.935 bits per heavy atom. The van der Waals surface area contributed by atoms with Gasteiger partial charge in [-0.15, -0.1) is 26.4 Å². The highest BCUT2D eigenvalue weighted by atomic mass is 35.5. The first-order valence-corrected chi connectivity index (χ1v) is 18.8. The summed E-state index contributed by atoms with van der Waals surface area (Å²) in [7, 11) is -9.62. The number of aliphatic hydroxyl groups excluding tert-OH is 1. The quantitative estimate of drug-likeness (QED) is 0.162. The number of nitrogens with zero attached hydrogens (tertiary/aromatic N) is 3. The first-order valence-electron chi connectivity index (χ1n) is 13.6. The second kappa shape index (κ2) is 13.1. The molecule has 0 fully saturated rings. The van der Waals surface area contributed by atoms with Gasteiger partial charge >= 0.3 is 6.09 Å². The van der Waals surface area contributed by atoms with Gasteiger partial charge in [0.25, 0.3) is 20.0 Å². The van der Waals surface area contributed by atoms with Gasteiger partial charge in [0.1, 0.15) is 14.0 Å². The smallest absolute Gasteiger partial charge is 0.407 e. The maximum Gasteiger partial charge on any atom is 0.407 e. The molecule has 0 aliphatic carbocycles. The molecule has 5 aromatic rings. The average molecular weight is 744 g/mol. The monoisotopic (exact) mass is 742 g/mol. The summed E-state index contributed by atoms with van der Waals surface area (Å²) in [4.78, 5) is 12.2. The zero-order valence-corrected chi connectivity index (χ0v) is 29.4. The highest BCUT2D eigenvalue weighted by molar-refractivity contribution is 8.11. The molecule has 5 rings (SSSR count). The van der Waals surface area contributed by atoms with Crippen molar-refractivity contribution in [1.82, 2.24) is 15.1 Å². The summed E-state index contributed by atoms with van der Waals surface area (Å²) in [5, 5.41) is 17.7. The molecule has 2 aromatic carbocycles. The van der Waals surface area contributed by atoms with Gasteiger partial charge < -0.3 is 15.2 Å². The zero-order chi connectivity index (χ0) is 33.4. The molecule has 46 heavy (non-hydrogen) atoms. The average Bonchev–Trinajstić information content (AvgIpc) is 3.71. The number of alkyl carbamates (subject to hydrolysis) is 1. The molecule has 0 spiro atoms. The minimum Gasteiger partial charge on any atom is -0.444 e. The van der Waals surface area contributed by atoms with Gasteiger partial charge in [0.2, 0.25) is 0 Å². The van der Waals surface area contributed by atoms with Crippen molar-refractivity contribution in [3.63, 3.8) is 0 Å². The Balaban J connectivity index is 1.62. The number of fused-ring (bicyclic) bond motifs is 1. The van der Waals surface area contributed by atoms with Crippen LogP contribution in [0.25, 0.3) is 10.9 Å². The third-order valence-electron chi connectivity index (χ3n) is 6.39. The van der Waals surface area contributed by atoms with Crippen LogP contribution >= 0.6 is 45.9 Å².